The molecule has 0 aromatic carbocycles. The van der Waals surface area contributed by atoms with Crippen LogP contribution in [-0.4, -0.2) is 63.0 Å². The summed E-state index contributed by atoms with van der Waals surface area (Å²) in [6.45, 7) is 19.3. The predicted octanol–water partition coefficient (Wildman–Crippen LogP) is 3.08. The maximum absolute atomic E-state index is 11.0. The molecule has 0 aromatic rings. The molecule has 0 spiro atoms. The predicted molar refractivity (Wildman–Crippen MR) is 119 cm³/mol. The van der Waals surface area contributed by atoms with Gasteiger partial charge in [0.05, 0.1) is 32.8 Å². The Balaban J connectivity index is 0. The van der Waals surface area contributed by atoms with E-state index in [-0.39, 0.29) is 36.6 Å². The summed E-state index contributed by atoms with van der Waals surface area (Å²) in [6.07, 6.45) is 3.19. The third-order valence-electron chi connectivity index (χ3n) is 3.29. The fourth-order valence-corrected chi connectivity index (χ4v) is 1.52. The summed E-state index contributed by atoms with van der Waals surface area (Å²) in [5, 5.41) is 0. The summed E-state index contributed by atoms with van der Waals surface area (Å²) >= 11 is 0. The number of hydrogen-bond donors (Lipinski definition) is 0. The van der Waals surface area contributed by atoms with Crippen LogP contribution in [0.5, 0.6) is 0 Å². The Kier molecular flexibility index (Phi) is 19.5. The van der Waals surface area contributed by atoms with E-state index in [1.807, 2.05) is 6.92 Å². The fraction of sp³-hybridized carbons (Fsp3) is 0.565. The number of hydrogen-bond acceptors (Lipinski definition) is 9. The molecule has 1 heterocycles. The normalized spacial score (nSPS) is 12.9. The van der Waals surface area contributed by atoms with Crippen LogP contribution in [0.3, 0.4) is 0 Å². The lowest BCUT2D eigenvalue weighted by molar-refractivity contribution is -0.145. The van der Waals surface area contributed by atoms with Crippen LogP contribution in [0.25, 0.3) is 0 Å². The average molecular weight is 457 g/mol. The average Bonchev–Trinajstić information content (AvgIpc) is 3.57. The van der Waals surface area contributed by atoms with Crippen molar-refractivity contribution in [2.45, 2.75) is 53.1 Å². The van der Waals surface area contributed by atoms with Crippen molar-refractivity contribution in [3.63, 3.8) is 0 Å². The minimum atomic E-state index is -0.546. The molecule has 0 N–H and O–H groups in total. The molecule has 1 aliphatic rings. The topological polar surface area (TPSA) is 118 Å². The van der Waals surface area contributed by atoms with Crippen molar-refractivity contribution in [1.29, 1.82) is 0 Å². The Morgan fingerprint density at radius 1 is 0.969 bits per heavy atom. The van der Waals surface area contributed by atoms with Gasteiger partial charge in [0.15, 0.2) is 0 Å². The number of esters is 4. The molecule has 9 nitrogen and oxygen atoms in total. The molecule has 1 saturated heterocycles. The fourth-order valence-electron chi connectivity index (χ4n) is 1.52. The van der Waals surface area contributed by atoms with Crippen LogP contribution in [0.15, 0.2) is 37.0 Å². The van der Waals surface area contributed by atoms with Crippen LogP contribution < -0.4 is 0 Å². The summed E-state index contributed by atoms with van der Waals surface area (Å²) in [6, 6.07) is 0. The Labute approximate surface area is 190 Å². The van der Waals surface area contributed by atoms with E-state index in [1.165, 1.54) is 6.08 Å². The summed E-state index contributed by atoms with van der Waals surface area (Å²) in [5.74, 6) is -1.67. The van der Waals surface area contributed by atoms with Crippen LogP contribution in [0, 0.1) is 0 Å². The highest BCUT2D eigenvalue weighted by Gasteiger charge is 2.24. The minimum absolute atomic E-state index is 0.104. The van der Waals surface area contributed by atoms with E-state index in [9.17, 15) is 19.2 Å². The molecule has 1 atom stereocenters. The smallest absolute Gasteiger partial charge is 0.333 e. The van der Waals surface area contributed by atoms with E-state index < -0.39 is 11.9 Å². The number of ether oxygens (including phenoxy) is 5. The van der Waals surface area contributed by atoms with Gasteiger partial charge in [-0.3, -0.25) is 4.79 Å². The first kappa shape index (κ1) is 31.2. The maximum Gasteiger partial charge on any atom is 0.333 e. The number of carbonyl (C=O) groups is 4. The molecule has 1 aliphatic heterocycles. The van der Waals surface area contributed by atoms with E-state index in [0.29, 0.717) is 32.0 Å². The maximum atomic E-state index is 11.0. The van der Waals surface area contributed by atoms with Gasteiger partial charge in [-0.25, -0.2) is 14.4 Å². The van der Waals surface area contributed by atoms with Gasteiger partial charge in [0.2, 0.25) is 0 Å². The molecule has 0 saturated carbocycles. The summed E-state index contributed by atoms with van der Waals surface area (Å²) in [5.41, 5.74) is 0.556. The van der Waals surface area contributed by atoms with Gasteiger partial charge in [-0.15, -0.1) is 0 Å². The van der Waals surface area contributed by atoms with Crippen molar-refractivity contribution >= 4 is 23.9 Å². The lowest BCUT2D eigenvalue weighted by Crippen LogP contribution is -2.12. The Bertz CT molecular complexity index is 633. The molecule has 182 valence electrons. The molecule has 0 aliphatic carbocycles. The van der Waals surface area contributed by atoms with Crippen LogP contribution in [0.2, 0.25) is 0 Å². The van der Waals surface area contributed by atoms with Crippen LogP contribution in [0.1, 0.15) is 47.0 Å². The molecule has 0 aromatic heterocycles. The monoisotopic (exact) mass is 456 g/mol. The second kappa shape index (κ2) is 20.0. The molecule has 9 heteroatoms. The first-order chi connectivity index (χ1) is 15.1. The number of carbonyl (C=O) groups excluding carboxylic acids is 4. The third kappa shape index (κ3) is 20.3. The first-order valence-electron chi connectivity index (χ1n) is 10.4. The van der Waals surface area contributed by atoms with Gasteiger partial charge in [-0.1, -0.05) is 33.1 Å². The third-order valence-corrected chi connectivity index (χ3v) is 3.29. The van der Waals surface area contributed by atoms with Gasteiger partial charge in [0.25, 0.3) is 0 Å². The van der Waals surface area contributed by atoms with E-state index in [0.717, 1.165) is 12.8 Å². The second-order valence-corrected chi connectivity index (χ2v) is 6.37. The zero-order chi connectivity index (χ0) is 24.9. The largest absolute Gasteiger partial charge is 0.466 e. The van der Waals surface area contributed by atoms with E-state index in [1.54, 1.807) is 20.8 Å². The van der Waals surface area contributed by atoms with E-state index in [2.05, 4.69) is 33.9 Å². The second-order valence-electron chi connectivity index (χ2n) is 6.37. The minimum Gasteiger partial charge on any atom is -0.466 e. The lowest BCUT2D eigenvalue weighted by atomic mass is 10.2. The highest BCUT2D eigenvalue weighted by molar-refractivity contribution is 5.93. The zero-order valence-corrected chi connectivity index (χ0v) is 19.6. The summed E-state index contributed by atoms with van der Waals surface area (Å²) in [4.78, 5) is 42.9. The van der Waals surface area contributed by atoms with Gasteiger partial charge >= 0.3 is 23.9 Å². The quantitative estimate of drug-likeness (QED) is 0.143. The Hall–Kier alpha value is -2.94. The highest BCUT2D eigenvalue weighted by atomic mass is 16.6. The van der Waals surface area contributed by atoms with Gasteiger partial charge in [0.1, 0.15) is 12.7 Å². The molecule has 1 unspecified atom stereocenters. The molecule has 0 amide bonds. The van der Waals surface area contributed by atoms with Crippen LogP contribution in [0.4, 0.5) is 0 Å². The lowest BCUT2D eigenvalue weighted by Gasteiger charge is -2.04. The Morgan fingerprint density at radius 2 is 1.56 bits per heavy atom. The van der Waals surface area contributed by atoms with Crippen molar-refractivity contribution in [3.8, 4) is 0 Å². The van der Waals surface area contributed by atoms with Crippen molar-refractivity contribution < 1.29 is 42.9 Å². The molecular weight excluding hydrogens is 420 g/mol. The number of unbranched alkanes of at least 4 members (excludes halogenated alkanes) is 1. The molecule has 0 radical (unpaired) electrons. The van der Waals surface area contributed by atoms with Gasteiger partial charge in [0, 0.05) is 17.2 Å². The molecule has 1 fully saturated rings. The van der Waals surface area contributed by atoms with E-state index >= 15 is 0 Å². The molecule has 1 rings (SSSR count). The van der Waals surface area contributed by atoms with Crippen LogP contribution in [-0.2, 0) is 42.9 Å². The molecular formula is C23H36O9. The SMILES string of the molecule is C=C(C)C(=O)OCC1CO1.C=C(CC(=O)OCC)C(=O)OCC.C=CC(=O)OCCCC. The van der Waals surface area contributed by atoms with Crippen LogP contribution >= 0.6 is 0 Å². The summed E-state index contributed by atoms with van der Waals surface area (Å²) in [7, 11) is 0. The highest BCUT2D eigenvalue weighted by Crippen LogP contribution is 2.09. The van der Waals surface area contributed by atoms with E-state index in [4.69, 9.17) is 9.47 Å². The van der Waals surface area contributed by atoms with Gasteiger partial charge in [-0.05, 0) is 27.2 Å². The zero-order valence-electron chi connectivity index (χ0n) is 19.6. The number of rotatable bonds is 12. The Morgan fingerprint density at radius 3 is 2.00 bits per heavy atom. The first-order valence-corrected chi connectivity index (χ1v) is 10.4. The molecule has 0 bridgehead atoms. The van der Waals surface area contributed by atoms with Crippen molar-refractivity contribution in [3.05, 3.63) is 37.0 Å². The van der Waals surface area contributed by atoms with Gasteiger partial charge in [-0.2, -0.15) is 0 Å². The van der Waals surface area contributed by atoms with Crippen molar-refractivity contribution in [2.75, 3.05) is 33.0 Å². The number of epoxide rings is 1. The summed E-state index contributed by atoms with van der Waals surface area (Å²) < 4.78 is 23.5. The van der Waals surface area contributed by atoms with Gasteiger partial charge < -0.3 is 23.7 Å². The standard InChI is InChI=1S/C9H14O4.C7H10O3.C7H12O2/c1-4-12-8(10)6-7(3)9(11)13-5-2;1-5(2)7(8)10-4-6-3-9-6;1-3-5-6-9-7(8)4-2/h3-6H2,1-2H3;6H,1,3-4H2,2H3;4H,2-3,5-6H2,1H3. The van der Waals surface area contributed by atoms with Crippen molar-refractivity contribution in [2.24, 2.45) is 0 Å². The van der Waals surface area contributed by atoms with Crippen molar-refractivity contribution in [1.82, 2.24) is 0 Å². The molecule has 32 heavy (non-hydrogen) atoms.